The summed E-state index contributed by atoms with van der Waals surface area (Å²) in [5.74, 6) is -0.509. The van der Waals surface area contributed by atoms with Gasteiger partial charge in [0.05, 0.1) is 22.7 Å². The number of hydrogen-bond acceptors (Lipinski definition) is 7. The van der Waals surface area contributed by atoms with E-state index in [1.165, 1.54) is 23.1 Å². The van der Waals surface area contributed by atoms with E-state index in [1.54, 1.807) is 0 Å². The molecule has 10 heteroatoms. The molecule has 0 radical (unpaired) electrons. The van der Waals surface area contributed by atoms with E-state index in [2.05, 4.69) is 31.2 Å². The number of esters is 1. The van der Waals surface area contributed by atoms with Crippen molar-refractivity contribution >= 4 is 66.8 Å². The molecule has 0 bridgehead atoms. The zero-order chi connectivity index (χ0) is 22.9. The lowest BCUT2D eigenvalue weighted by Crippen LogP contribution is -2.31. The fourth-order valence-electron chi connectivity index (χ4n) is 3.49. The smallest absolute Gasteiger partial charge is 0.307 e. The van der Waals surface area contributed by atoms with Gasteiger partial charge in [0.25, 0.3) is 5.56 Å². The Morgan fingerprint density at radius 3 is 2.73 bits per heavy atom. The van der Waals surface area contributed by atoms with E-state index in [-0.39, 0.29) is 30.3 Å². The zero-order valence-electron chi connectivity index (χ0n) is 17.0. The number of anilines is 1. The van der Waals surface area contributed by atoms with Gasteiger partial charge in [-0.2, -0.15) is 0 Å². The first kappa shape index (κ1) is 21.9. The van der Waals surface area contributed by atoms with E-state index in [0.29, 0.717) is 10.2 Å². The molecule has 4 aromatic rings. The Morgan fingerprint density at radius 2 is 1.91 bits per heavy atom. The number of carbonyl (C=O) groups is 2. The third kappa shape index (κ3) is 4.59. The molecule has 33 heavy (non-hydrogen) atoms. The second kappa shape index (κ2) is 9.12. The Hall–Kier alpha value is -2.95. The molecule has 1 atom stereocenters. The first-order chi connectivity index (χ1) is 16.0. The molecule has 0 spiro atoms. The molecule has 3 heterocycles. The van der Waals surface area contributed by atoms with Crippen molar-refractivity contribution in [3.05, 3.63) is 74.6 Å². The van der Waals surface area contributed by atoms with Crippen LogP contribution in [0.2, 0.25) is 0 Å². The molecular formula is C23H16BrN3O4S2. The number of benzene rings is 2. The van der Waals surface area contributed by atoms with Gasteiger partial charge in [-0.25, -0.2) is 4.98 Å². The van der Waals surface area contributed by atoms with Crippen LogP contribution in [-0.2, 0) is 20.9 Å². The number of thiophene rings is 1. The van der Waals surface area contributed by atoms with Crippen LogP contribution in [0.3, 0.4) is 0 Å². The van der Waals surface area contributed by atoms with Crippen molar-refractivity contribution in [3.8, 4) is 11.1 Å². The van der Waals surface area contributed by atoms with Gasteiger partial charge in [0.2, 0.25) is 5.91 Å². The first-order valence-corrected chi connectivity index (χ1v) is 12.5. The molecule has 0 saturated heterocycles. The number of aromatic amines is 1. The summed E-state index contributed by atoms with van der Waals surface area (Å²) in [6.45, 7) is -0.175. The number of rotatable bonds is 5. The molecule has 1 unspecified atom stereocenters. The molecule has 7 nitrogen and oxygen atoms in total. The highest BCUT2D eigenvalue weighted by Gasteiger charge is 2.29. The molecule has 0 saturated carbocycles. The van der Waals surface area contributed by atoms with Crippen molar-refractivity contribution in [2.24, 2.45) is 0 Å². The Bertz CT molecular complexity index is 1430. The molecule has 1 aliphatic rings. The zero-order valence-corrected chi connectivity index (χ0v) is 20.2. The molecule has 0 fully saturated rings. The maximum absolute atomic E-state index is 12.7. The van der Waals surface area contributed by atoms with Crippen molar-refractivity contribution < 1.29 is 14.3 Å². The van der Waals surface area contributed by atoms with E-state index >= 15 is 0 Å². The highest BCUT2D eigenvalue weighted by molar-refractivity contribution is 9.10. The Kier molecular flexibility index (Phi) is 6.05. The van der Waals surface area contributed by atoms with Crippen LogP contribution in [0.5, 0.6) is 0 Å². The summed E-state index contributed by atoms with van der Waals surface area (Å²) in [6.07, 6.45) is -0.0793. The normalized spacial score (nSPS) is 15.2. The van der Waals surface area contributed by atoms with Gasteiger partial charge in [-0.15, -0.1) is 23.1 Å². The second-order valence-electron chi connectivity index (χ2n) is 7.31. The predicted molar refractivity (Wildman–Crippen MR) is 133 cm³/mol. The highest BCUT2D eigenvalue weighted by Crippen LogP contribution is 2.36. The third-order valence-electron chi connectivity index (χ3n) is 5.08. The monoisotopic (exact) mass is 541 g/mol. The predicted octanol–water partition coefficient (Wildman–Crippen LogP) is 4.96. The van der Waals surface area contributed by atoms with E-state index in [0.717, 1.165) is 26.2 Å². The quantitative estimate of drug-likeness (QED) is 0.346. The molecule has 2 aromatic heterocycles. The van der Waals surface area contributed by atoms with Gasteiger partial charge in [-0.1, -0.05) is 40.2 Å². The standard InChI is InChI=1S/C23H16BrN3O4S2/c24-13-7-5-12(6-8-13)14-11-32-23-20(14)22(30)26-18(27-23)10-31-19(28)9-17-21(29)25-15-3-1-2-4-16(15)33-17/h1-8,11,17H,9-10H2,(H,25,29)(H,26,27,30). The Morgan fingerprint density at radius 1 is 1.12 bits per heavy atom. The van der Waals surface area contributed by atoms with Crippen molar-refractivity contribution in [1.29, 1.82) is 0 Å². The molecule has 2 N–H and O–H groups in total. The van der Waals surface area contributed by atoms with Crippen molar-refractivity contribution in [1.82, 2.24) is 9.97 Å². The SMILES string of the molecule is O=C(CC1Sc2ccccc2NC1=O)OCc1nc2scc(-c3ccc(Br)cc3)c2c(=O)[nH]1. The Labute approximate surface area is 204 Å². The summed E-state index contributed by atoms with van der Waals surface area (Å²) in [5, 5.41) is 4.63. The number of carbonyl (C=O) groups excluding carboxylic acids is 2. The van der Waals surface area contributed by atoms with Crippen LogP contribution in [-0.4, -0.2) is 27.1 Å². The number of thioether (sulfide) groups is 1. The van der Waals surface area contributed by atoms with Crippen LogP contribution in [0.1, 0.15) is 12.2 Å². The topological polar surface area (TPSA) is 101 Å². The van der Waals surface area contributed by atoms with Crippen LogP contribution in [0.4, 0.5) is 5.69 Å². The lowest BCUT2D eigenvalue weighted by molar-refractivity contribution is -0.146. The molecule has 2 aromatic carbocycles. The fraction of sp³-hybridized carbons (Fsp3) is 0.130. The van der Waals surface area contributed by atoms with Gasteiger partial charge in [-0.05, 0) is 29.8 Å². The number of hydrogen-bond donors (Lipinski definition) is 2. The summed E-state index contributed by atoms with van der Waals surface area (Å²) in [5.41, 5.74) is 2.18. The van der Waals surface area contributed by atoms with Crippen LogP contribution in [0, 0.1) is 0 Å². The lowest BCUT2D eigenvalue weighted by Gasteiger charge is -2.23. The maximum atomic E-state index is 12.7. The average Bonchev–Trinajstić information content (AvgIpc) is 3.23. The van der Waals surface area contributed by atoms with Crippen molar-refractivity contribution in [3.63, 3.8) is 0 Å². The van der Waals surface area contributed by atoms with Crippen LogP contribution >= 0.6 is 39.0 Å². The van der Waals surface area contributed by atoms with Gasteiger partial charge >= 0.3 is 5.97 Å². The van der Waals surface area contributed by atoms with E-state index < -0.39 is 11.2 Å². The maximum Gasteiger partial charge on any atom is 0.307 e. The molecule has 1 aliphatic heterocycles. The molecule has 5 rings (SSSR count). The number of aromatic nitrogens is 2. The second-order valence-corrected chi connectivity index (χ2v) is 10.3. The summed E-state index contributed by atoms with van der Waals surface area (Å²) < 4.78 is 6.26. The van der Waals surface area contributed by atoms with Gasteiger partial charge in [0.1, 0.15) is 17.3 Å². The molecule has 0 aliphatic carbocycles. The minimum Gasteiger partial charge on any atom is -0.457 e. The van der Waals surface area contributed by atoms with Crippen LogP contribution < -0.4 is 10.9 Å². The number of amides is 1. The van der Waals surface area contributed by atoms with Crippen LogP contribution in [0.15, 0.2) is 68.1 Å². The van der Waals surface area contributed by atoms with Gasteiger partial charge in [-0.3, -0.25) is 14.4 Å². The lowest BCUT2D eigenvalue weighted by atomic mass is 10.1. The number of H-pyrrole nitrogens is 1. The number of nitrogens with zero attached hydrogens (tertiary/aromatic N) is 1. The van der Waals surface area contributed by atoms with E-state index in [4.69, 9.17) is 4.74 Å². The Balaban J connectivity index is 1.27. The number of nitrogens with one attached hydrogen (secondary N) is 2. The van der Waals surface area contributed by atoms with Crippen molar-refractivity contribution in [2.45, 2.75) is 23.2 Å². The van der Waals surface area contributed by atoms with Crippen molar-refractivity contribution in [2.75, 3.05) is 5.32 Å². The van der Waals surface area contributed by atoms with Crippen LogP contribution in [0.25, 0.3) is 21.3 Å². The summed E-state index contributed by atoms with van der Waals surface area (Å²) in [6, 6.07) is 15.1. The minimum absolute atomic E-state index is 0.0793. The largest absolute Gasteiger partial charge is 0.457 e. The molecule has 166 valence electrons. The highest BCUT2D eigenvalue weighted by atomic mass is 79.9. The van der Waals surface area contributed by atoms with E-state index in [1.807, 2.05) is 53.9 Å². The number of para-hydroxylation sites is 1. The average molecular weight is 542 g/mol. The molecular weight excluding hydrogens is 526 g/mol. The number of ether oxygens (including phenoxy) is 1. The number of halogens is 1. The number of fused-ring (bicyclic) bond motifs is 2. The fourth-order valence-corrected chi connectivity index (χ4v) is 5.82. The van der Waals surface area contributed by atoms with Gasteiger partial charge < -0.3 is 15.0 Å². The minimum atomic E-state index is -0.576. The summed E-state index contributed by atoms with van der Waals surface area (Å²) >= 11 is 6.10. The van der Waals surface area contributed by atoms with Gasteiger partial charge in [0.15, 0.2) is 0 Å². The summed E-state index contributed by atoms with van der Waals surface area (Å²) in [7, 11) is 0. The van der Waals surface area contributed by atoms with Gasteiger partial charge in [0, 0.05) is 20.3 Å². The summed E-state index contributed by atoms with van der Waals surface area (Å²) in [4.78, 5) is 46.1. The third-order valence-corrected chi connectivity index (χ3v) is 7.75. The first-order valence-electron chi connectivity index (χ1n) is 9.96. The van der Waals surface area contributed by atoms with E-state index in [9.17, 15) is 14.4 Å². The molecule has 1 amide bonds.